The summed E-state index contributed by atoms with van der Waals surface area (Å²) in [6.45, 7) is 0.0669. The molecule has 2 saturated carbocycles. The molecule has 2 aromatic rings. The monoisotopic (exact) mass is 561 g/mol. The van der Waals surface area contributed by atoms with Crippen molar-refractivity contribution in [1.29, 1.82) is 0 Å². The van der Waals surface area contributed by atoms with Gasteiger partial charge in [0.15, 0.2) is 5.84 Å². The molecule has 2 aliphatic carbocycles. The number of amides is 1. The SMILES string of the molecule is CS(=O)(=O)Nc1ccc2c(c1)S(=O)(=O)N=C(C1=C(O)C3C4CCC(C4)C3N(Cc3ccc(F)cn3)C1=O)N2. The van der Waals surface area contributed by atoms with E-state index in [0.29, 0.717) is 5.69 Å². The van der Waals surface area contributed by atoms with E-state index in [-0.39, 0.29) is 63.8 Å². The topological polar surface area (TPSA) is 158 Å². The van der Waals surface area contributed by atoms with Gasteiger partial charge in [-0.3, -0.25) is 14.5 Å². The van der Waals surface area contributed by atoms with E-state index in [9.17, 15) is 31.1 Å². The van der Waals surface area contributed by atoms with Gasteiger partial charge in [-0.15, -0.1) is 4.40 Å². The van der Waals surface area contributed by atoms with Crippen molar-refractivity contribution >= 4 is 43.2 Å². The van der Waals surface area contributed by atoms with Crippen molar-refractivity contribution < 1.29 is 31.1 Å². The van der Waals surface area contributed by atoms with Crippen LogP contribution < -0.4 is 10.0 Å². The number of rotatable bonds is 5. The van der Waals surface area contributed by atoms with Crippen molar-refractivity contribution in [1.82, 2.24) is 9.88 Å². The van der Waals surface area contributed by atoms with Gasteiger partial charge >= 0.3 is 0 Å². The lowest BCUT2D eigenvalue weighted by Crippen LogP contribution is -2.53. The predicted octanol–water partition coefficient (Wildman–Crippen LogP) is 2.37. The number of halogens is 1. The summed E-state index contributed by atoms with van der Waals surface area (Å²) in [6.07, 6.45) is 4.65. The van der Waals surface area contributed by atoms with Crippen molar-refractivity contribution in [2.45, 2.75) is 36.7 Å². The molecule has 2 bridgehead atoms. The number of sulfonamides is 2. The smallest absolute Gasteiger partial charge is 0.286 e. The number of aliphatic hydroxyl groups excluding tert-OH is 1. The van der Waals surface area contributed by atoms with Gasteiger partial charge in [-0.2, -0.15) is 8.42 Å². The van der Waals surface area contributed by atoms with Crippen LogP contribution in [0.2, 0.25) is 0 Å². The van der Waals surface area contributed by atoms with Crippen LogP contribution in [0.25, 0.3) is 0 Å². The maximum absolute atomic E-state index is 13.9. The van der Waals surface area contributed by atoms with Crippen LogP contribution in [0.1, 0.15) is 25.0 Å². The summed E-state index contributed by atoms with van der Waals surface area (Å²) in [7, 11) is -8.01. The van der Waals surface area contributed by atoms with E-state index < -0.39 is 31.8 Å². The van der Waals surface area contributed by atoms with E-state index in [1.165, 1.54) is 24.3 Å². The third-order valence-electron chi connectivity index (χ3n) is 7.66. The zero-order valence-electron chi connectivity index (χ0n) is 20.1. The van der Waals surface area contributed by atoms with E-state index in [2.05, 4.69) is 19.4 Å². The second-order valence-electron chi connectivity index (χ2n) is 10.1. The number of amidine groups is 1. The summed E-state index contributed by atoms with van der Waals surface area (Å²) >= 11 is 0. The second kappa shape index (κ2) is 8.50. The molecule has 1 aromatic carbocycles. The average Bonchev–Trinajstić information content (AvgIpc) is 3.45. The maximum atomic E-state index is 13.9. The quantitative estimate of drug-likeness (QED) is 0.502. The van der Waals surface area contributed by atoms with Gasteiger partial charge in [0, 0.05) is 17.6 Å². The first-order valence-electron chi connectivity index (χ1n) is 12.0. The Morgan fingerprint density at radius 1 is 1.21 bits per heavy atom. The number of aromatic nitrogens is 1. The molecule has 6 rings (SSSR count). The molecule has 38 heavy (non-hydrogen) atoms. The Morgan fingerprint density at radius 3 is 2.68 bits per heavy atom. The summed E-state index contributed by atoms with van der Waals surface area (Å²) in [4.78, 5) is 19.3. The van der Waals surface area contributed by atoms with Crippen LogP contribution in [0.3, 0.4) is 0 Å². The minimum Gasteiger partial charge on any atom is -0.511 e. The van der Waals surface area contributed by atoms with Crippen molar-refractivity contribution in [2.75, 3.05) is 16.3 Å². The highest BCUT2D eigenvalue weighted by Crippen LogP contribution is 2.55. The lowest BCUT2D eigenvalue weighted by molar-refractivity contribution is -0.134. The van der Waals surface area contributed by atoms with Crippen LogP contribution in [-0.2, 0) is 31.4 Å². The minimum atomic E-state index is -4.36. The maximum Gasteiger partial charge on any atom is 0.286 e. The Labute approximate surface area is 218 Å². The molecule has 0 spiro atoms. The fraction of sp³-hybridized carbons (Fsp3) is 0.375. The van der Waals surface area contributed by atoms with Gasteiger partial charge < -0.3 is 15.3 Å². The molecule has 14 heteroatoms. The molecule has 3 N–H and O–H groups in total. The molecular weight excluding hydrogens is 537 g/mol. The van der Waals surface area contributed by atoms with Gasteiger partial charge in [0.25, 0.3) is 15.9 Å². The molecule has 200 valence electrons. The number of pyridine rings is 1. The fourth-order valence-electron chi connectivity index (χ4n) is 6.27. The second-order valence-corrected chi connectivity index (χ2v) is 13.5. The number of carbonyl (C=O) groups is 1. The first kappa shape index (κ1) is 24.8. The third-order valence-corrected chi connectivity index (χ3v) is 9.59. The summed E-state index contributed by atoms with van der Waals surface area (Å²) in [5.74, 6) is -1.65. The highest BCUT2D eigenvalue weighted by molar-refractivity contribution is 7.92. The summed E-state index contributed by atoms with van der Waals surface area (Å²) in [6, 6.07) is 6.33. The van der Waals surface area contributed by atoms with Gasteiger partial charge in [0.05, 0.1) is 30.4 Å². The zero-order chi connectivity index (χ0) is 27.0. The zero-order valence-corrected chi connectivity index (χ0v) is 21.8. The van der Waals surface area contributed by atoms with Gasteiger partial charge in [0.1, 0.15) is 22.0 Å². The van der Waals surface area contributed by atoms with Crippen LogP contribution in [0.4, 0.5) is 15.8 Å². The number of hydrogen-bond donors (Lipinski definition) is 3. The normalized spacial score (nSPS) is 27.5. The molecule has 0 radical (unpaired) electrons. The van der Waals surface area contributed by atoms with E-state index in [4.69, 9.17) is 0 Å². The predicted molar refractivity (Wildman–Crippen MR) is 136 cm³/mol. The third kappa shape index (κ3) is 4.11. The Kier molecular flexibility index (Phi) is 5.54. The number of anilines is 2. The first-order valence-corrected chi connectivity index (χ1v) is 15.3. The van der Waals surface area contributed by atoms with E-state index in [1.54, 1.807) is 4.90 Å². The summed E-state index contributed by atoms with van der Waals surface area (Å²) in [5.41, 5.74) is 0.357. The standard InChI is InChI=1S/C24H24FN5O6S2/c1-37(33,34)28-15-6-7-17-18(9-15)38(35,36)29-23(27-17)20-22(31)19-12-2-3-13(8-12)21(19)30(24(20)32)11-16-5-4-14(25)10-26-16/h4-7,9-10,12-13,19,21,28,31H,2-3,8,11H2,1H3,(H,27,29). The van der Waals surface area contributed by atoms with Crippen molar-refractivity contribution in [3.05, 3.63) is 59.4 Å². The Bertz CT molecular complexity index is 1640. The van der Waals surface area contributed by atoms with Crippen molar-refractivity contribution in [3.8, 4) is 0 Å². The molecule has 4 aliphatic rings. The van der Waals surface area contributed by atoms with Crippen LogP contribution in [0.5, 0.6) is 0 Å². The van der Waals surface area contributed by atoms with Crippen molar-refractivity contribution in [2.24, 2.45) is 22.2 Å². The Hall–Kier alpha value is -3.52. The van der Waals surface area contributed by atoms with Gasteiger partial charge in [-0.25, -0.2) is 12.8 Å². The Morgan fingerprint density at radius 2 is 1.97 bits per heavy atom. The van der Waals surface area contributed by atoms with E-state index in [1.807, 2.05) is 0 Å². The van der Waals surface area contributed by atoms with Crippen molar-refractivity contribution in [3.63, 3.8) is 0 Å². The van der Waals surface area contributed by atoms with Crippen LogP contribution in [0.15, 0.2) is 57.2 Å². The summed E-state index contributed by atoms with van der Waals surface area (Å²) in [5, 5.41) is 14.2. The molecule has 1 aromatic heterocycles. The molecule has 0 saturated heterocycles. The molecule has 4 atom stereocenters. The molecular formula is C24H24FN5O6S2. The van der Waals surface area contributed by atoms with E-state index >= 15 is 0 Å². The van der Waals surface area contributed by atoms with Crippen LogP contribution >= 0.6 is 0 Å². The lowest BCUT2D eigenvalue weighted by atomic mass is 9.78. The lowest BCUT2D eigenvalue weighted by Gasteiger charge is -2.44. The molecule has 3 heterocycles. The van der Waals surface area contributed by atoms with Gasteiger partial charge in [-0.05, 0) is 61.4 Å². The fourth-order valence-corrected chi connectivity index (χ4v) is 7.97. The molecule has 2 fully saturated rings. The van der Waals surface area contributed by atoms with Crippen LogP contribution in [0, 0.1) is 23.6 Å². The number of aliphatic hydroxyl groups is 1. The number of benzene rings is 1. The highest BCUT2D eigenvalue weighted by atomic mass is 32.2. The number of nitrogens with zero attached hydrogens (tertiary/aromatic N) is 3. The number of hydrogen-bond acceptors (Lipinski definition) is 8. The minimum absolute atomic E-state index is 0.0360. The molecule has 1 amide bonds. The molecule has 2 aliphatic heterocycles. The number of fused-ring (bicyclic) bond motifs is 6. The van der Waals surface area contributed by atoms with E-state index in [0.717, 1.165) is 37.8 Å². The number of carbonyl (C=O) groups excluding carboxylic acids is 1. The largest absolute Gasteiger partial charge is 0.511 e. The van der Waals surface area contributed by atoms with Crippen LogP contribution in [-0.4, -0.2) is 55.9 Å². The Balaban J connectivity index is 1.41. The van der Waals surface area contributed by atoms with Gasteiger partial charge in [0.2, 0.25) is 10.0 Å². The summed E-state index contributed by atoms with van der Waals surface area (Å²) < 4.78 is 68.9. The average molecular weight is 562 g/mol. The first-order chi connectivity index (χ1) is 17.9. The molecule has 11 nitrogen and oxygen atoms in total. The molecule has 4 unspecified atom stereocenters. The highest BCUT2D eigenvalue weighted by Gasteiger charge is 2.57. The van der Waals surface area contributed by atoms with Gasteiger partial charge in [-0.1, -0.05) is 0 Å². The number of nitrogens with one attached hydrogen (secondary N) is 2.